The number of anilines is 1. The van der Waals surface area contributed by atoms with Crippen LogP contribution in [-0.2, 0) is 6.54 Å². The van der Waals surface area contributed by atoms with E-state index in [0.29, 0.717) is 18.7 Å². The predicted octanol–water partition coefficient (Wildman–Crippen LogP) is 7.16. The number of halogens is 3. The van der Waals surface area contributed by atoms with Gasteiger partial charge in [-0.2, -0.15) is 18.2 Å². The molecule has 44 heavy (non-hydrogen) atoms. The summed E-state index contributed by atoms with van der Waals surface area (Å²) in [6, 6.07) is 11.7. The minimum Gasteiger partial charge on any atom is -0.493 e. The van der Waals surface area contributed by atoms with Gasteiger partial charge in [-0.1, -0.05) is 68.2 Å². The van der Waals surface area contributed by atoms with E-state index in [0.717, 1.165) is 31.1 Å². The summed E-state index contributed by atoms with van der Waals surface area (Å²) in [6.45, 7) is 6.61. The lowest BCUT2D eigenvalue weighted by molar-refractivity contribution is -0.122. The van der Waals surface area contributed by atoms with E-state index in [1.807, 2.05) is 31.2 Å². The molecule has 0 saturated heterocycles. The molecule has 0 fully saturated rings. The Kier molecular flexibility index (Phi) is 18.5. The number of carbonyl (C=O) groups is 1. The highest BCUT2D eigenvalue weighted by molar-refractivity contribution is 6.04. The molecule has 9 nitrogen and oxygen atoms in total. The molecule has 0 radical (unpaired) electrons. The Hall–Kier alpha value is -4.19. The van der Waals surface area contributed by atoms with Gasteiger partial charge in [-0.15, -0.1) is 0 Å². The fourth-order valence-electron chi connectivity index (χ4n) is 3.71. The smallest absolute Gasteiger partial charge is 0.405 e. The third-order valence-corrected chi connectivity index (χ3v) is 5.97. The second-order valence-corrected chi connectivity index (χ2v) is 9.64. The summed E-state index contributed by atoms with van der Waals surface area (Å²) in [6.07, 6.45) is 7.18. The second-order valence-electron chi connectivity index (χ2n) is 9.64. The van der Waals surface area contributed by atoms with Gasteiger partial charge in [-0.25, -0.2) is 14.8 Å². The van der Waals surface area contributed by atoms with Gasteiger partial charge in [0, 0.05) is 18.9 Å². The molecule has 0 amide bonds. The number of aliphatic imine (C=N–C) groups is 3. The monoisotopic (exact) mass is 619 g/mol. The van der Waals surface area contributed by atoms with Gasteiger partial charge in [-0.05, 0) is 57.0 Å². The molecule has 0 atom stereocenters. The highest BCUT2D eigenvalue weighted by atomic mass is 19.4. The highest BCUT2D eigenvalue weighted by Gasteiger charge is 2.27. The van der Waals surface area contributed by atoms with Crippen LogP contribution in [0, 0.1) is 6.92 Å². The number of allylic oxidation sites excluding steroid dienone is 2. The van der Waals surface area contributed by atoms with E-state index in [2.05, 4.69) is 51.4 Å². The molecule has 0 aliphatic carbocycles. The number of nitrogens with zero attached hydrogens (tertiary/aromatic N) is 3. The number of rotatable bonds is 15. The Morgan fingerprint density at radius 3 is 2.30 bits per heavy atom. The molecule has 242 valence electrons. The summed E-state index contributed by atoms with van der Waals surface area (Å²) in [5, 5.41) is 21.6. The molecule has 0 aliphatic heterocycles. The van der Waals surface area contributed by atoms with E-state index in [4.69, 9.17) is 9.84 Å². The second kappa shape index (κ2) is 21.5. The van der Waals surface area contributed by atoms with Crippen molar-refractivity contribution in [2.75, 3.05) is 25.6 Å². The van der Waals surface area contributed by atoms with Crippen LogP contribution in [0.25, 0.3) is 0 Å². The van der Waals surface area contributed by atoms with Crippen molar-refractivity contribution in [1.82, 2.24) is 5.32 Å². The molecule has 4 N–H and O–H groups in total. The number of carboxylic acids is 1. The van der Waals surface area contributed by atoms with E-state index in [1.165, 1.54) is 43.9 Å². The van der Waals surface area contributed by atoms with Gasteiger partial charge in [0.1, 0.15) is 17.9 Å². The molecule has 2 rings (SSSR count). The van der Waals surface area contributed by atoms with Gasteiger partial charge in [0.2, 0.25) is 11.9 Å². The van der Waals surface area contributed by atoms with Gasteiger partial charge in [0.05, 0.1) is 13.2 Å². The van der Waals surface area contributed by atoms with Crippen molar-refractivity contribution in [3.05, 3.63) is 71.3 Å². The van der Waals surface area contributed by atoms with Crippen molar-refractivity contribution in [3.8, 4) is 5.75 Å². The normalized spacial score (nSPS) is 12.0. The Morgan fingerprint density at radius 1 is 1.00 bits per heavy atom. The van der Waals surface area contributed by atoms with Gasteiger partial charge >= 0.3 is 12.1 Å². The molecule has 0 saturated carbocycles. The first-order chi connectivity index (χ1) is 21.1. The number of aliphatic hydroxyl groups excluding tert-OH is 1. The molecule has 12 heteroatoms. The van der Waals surface area contributed by atoms with Gasteiger partial charge in [-0.3, -0.25) is 0 Å². The molecule has 0 spiro atoms. The topological polar surface area (TPSA) is 128 Å². The van der Waals surface area contributed by atoms with Gasteiger partial charge in [0.25, 0.3) is 0 Å². The number of aryl methyl sites for hydroxylation is 1. The number of aliphatic hydroxyl groups is 1. The molecular formula is C32H44F3N5O4. The zero-order valence-electron chi connectivity index (χ0n) is 25.7. The molecule has 0 heterocycles. The first-order valence-electron chi connectivity index (χ1n) is 14.4. The van der Waals surface area contributed by atoms with Crippen molar-refractivity contribution in [2.45, 2.75) is 71.5 Å². The van der Waals surface area contributed by atoms with Crippen LogP contribution in [0.2, 0.25) is 0 Å². The summed E-state index contributed by atoms with van der Waals surface area (Å²) < 4.78 is 44.5. The molecule has 0 bridgehead atoms. The number of carboxylic acid groups (broad SMARTS) is 1. The van der Waals surface area contributed by atoms with E-state index < -0.39 is 18.7 Å². The van der Waals surface area contributed by atoms with Crippen molar-refractivity contribution in [1.29, 1.82) is 0 Å². The van der Waals surface area contributed by atoms with E-state index in [9.17, 15) is 23.1 Å². The molecule has 0 aromatic heterocycles. The lowest BCUT2D eigenvalue weighted by atomic mass is 10.1. The SMILES string of the molecule is C=N/C(=N\C(=NCc1ccc(C)cc1)NCC(F)(F)F)Nc1ccc(C(=O)O)c(OCCC/C=C/CCCCCC)c1.CO. The van der Waals surface area contributed by atoms with E-state index in [1.54, 1.807) is 0 Å². The van der Waals surface area contributed by atoms with Crippen LogP contribution in [0.3, 0.4) is 0 Å². The Labute approximate surface area is 257 Å². The Bertz CT molecular complexity index is 1230. The van der Waals surface area contributed by atoms with Crippen LogP contribution in [0.1, 0.15) is 73.4 Å². The number of ether oxygens (including phenoxy) is 1. The van der Waals surface area contributed by atoms with E-state index >= 15 is 0 Å². The third-order valence-electron chi connectivity index (χ3n) is 5.97. The summed E-state index contributed by atoms with van der Waals surface area (Å²) in [7, 11) is 1.00. The number of unbranched alkanes of at least 4 members (excludes halogenated alkanes) is 5. The largest absolute Gasteiger partial charge is 0.493 e. The summed E-state index contributed by atoms with van der Waals surface area (Å²) >= 11 is 0. The quantitative estimate of drug-likeness (QED) is 0.0725. The highest BCUT2D eigenvalue weighted by Crippen LogP contribution is 2.24. The van der Waals surface area contributed by atoms with Gasteiger partial charge in [0.15, 0.2) is 0 Å². The van der Waals surface area contributed by atoms with Crippen LogP contribution >= 0.6 is 0 Å². The first kappa shape index (κ1) is 37.8. The summed E-state index contributed by atoms with van der Waals surface area (Å²) in [5.41, 5.74) is 2.17. The average molecular weight is 620 g/mol. The summed E-state index contributed by atoms with van der Waals surface area (Å²) in [4.78, 5) is 23.8. The number of hydrogen-bond donors (Lipinski definition) is 4. The van der Waals surface area contributed by atoms with Gasteiger partial charge < -0.3 is 25.6 Å². The van der Waals surface area contributed by atoms with Crippen molar-refractivity contribution in [2.24, 2.45) is 15.0 Å². The molecule has 2 aromatic carbocycles. The molecular weight excluding hydrogens is 575 g/mol. The van der Waals surface area contributed by atoms with Crippen molar-refractivity contribution >= 4 is 30.3 Å². The zero-order chi connectivity index (χ0) is 32.8. The van der Waals surface area contributed by atoms with Crippen LogP contribution in [0.4, 0.5) is 18.9 Å². The molecule has 0 unspecified atom stereocenters. The minimum absolute atomic E-state index is 0.0238. The maximum atomic E-state index is 12.9. The van der Waals surface area contributed by atoms with E-state index in [-0.39, 0.29) is 29.8 Å². The van der Waals surface area contributed by atoms with Crippen LogP contribution in [-0.4, -0.2) is 61.3 Å². The zero-order valence-corrected chi connectivity index (χ0v) is 25.7. The van der Waals surface area contributed by atoms with Crippen molar-refractivity contribution in [3.63, 3.8) is 0 Å². The summed E-state index contributed by atoms with van der Waals surface area (Å²) in [5.74, 6) is -1.44. The third kappa shape index (κ3) is 16.4. The number of aromatic carboxylic acids is 1. The van der Waals surface area contributed by atoms with Crippen molar-refractivity contribution < 1.29 is 32.9 Å². The minimum atomic E-state index is -4.49. The van der Waals surface area contributed by atoms with Crippen LogP contribution in [0.15, 0.2) is 69.6 Å². The number of alkyl halides is 3. The lowest BCUT2D eigenvalue weighted by Crippen LogP contribution is -2.34. The molecule has 0 aliphatic rings. The maximum Gasteiger partial charge on any atom is 0.405 e. The number of nitrogens with one attached hydrogen (secondary N) is 2. The maximum absolute atomic E-state index is 12.9. The predicted molar refractivity (Wildman–Crippen MR) is 171 cm³/mol. The Balaban J connectivity index is 0.00000474. The standard InChI is InChI=1S/C31H40F3N5O3.CH4O/c1-4-5-6-7-8-9-10-11-12-19-42-27-20-25(17-18-26(27)28(40)41)38-29(35-3)39-30(37-22-31(32,33)34)36-21-24-15-13-23(2)14-16-24;1-2/h9-10,13-18,20H,3-8,11-12,19,21-22H2,1-2H3,(H,40,41)(H2,36,37,38,39);2H,1H3/b10-9+;. The Morgan fingerprint density at radius 2 is 1.68 bits per heavy atom. The fraction of sp³-hybridized carbons (Fsp3) is 0.438. The lowest BCUT2D eigenvalue weighted by Gasteiger charge is -2.13. The first-order valence-corrected chi connectivity index (χ1v) is 14.4. The van der Waals surface area contributed by atoms with Crippen LogP contribution < -0.4 is 15.4 Å². The number of hydrogen-bond acceptors (Lipinski definition) is 4. The van der Waals surface area contributed by atoms with Crippen LogP contribution in [0.5, 0.6) is 5.75 Å². The fourth-order valence-corrected chi connectivity index (χ4v) is 3.71. The average Bonchev–Trinajstić information content (AvgIpc) is 3.00. The molecule has 2 aromatic rings. The number of guanidine groups is 2. The number of benzene rings is 2.